The average molecular weight is 280 g/mol. The van der Waals surface area contributed by atoms with E-state index in [9.17, 15) is 9.18 Å². The lowest BCUT2D eigenvalue weighted by Gasteiger charge is -2.11. The van der Waals surface area contributed by atoms with Crippen LogP contribution < -0.4 is 10.6 Å². The summed E-state index contributed by atoms with van der Waals surface area (Å²) in [6.07, 6.45) is 2.74. The van der Waals surface area contributed by atoms with E-state index >= 15 is 0 Å². The van der Waals surface area contributed by atoms with Gasteiger partial charge in [0.1, 0.15) is 5.82 Å². The Balaban J connectivity index is 1.53. The largest absolute Gasteiger partial charge is 0.376 e. The lowest BCUT2D eigenvalue weighted by atomic mass is 10.2. The Morgan fingerprint density at radius 2 is 2.15 bits per heavy atom. The molecule has 2 N–H and O–H groups in total. The molecule has 1 amide bonds. The molecule has 0 spiro atoms. The lowest BCUT2D eigenvalue weighted by molar-refractivity contribution is -0.121. The fraction of sp³-hybridized carbons (Fsp3) is 0.533. The molecular formula is C15H21FN2O2. The van der Waals surface area contributed by atoms with Gasteiger partial charge in [0.2, 0.25) is 5.91 Å². The van der Waals surface area contributed by atoms with E-state index in [1.807, 2.05) is 0 Å². The van der Waals surface area contributed by atoms with Gasteiger partial charge in [-0.25, -0.2) is 4.39 Å². The van der Waals surface area contributed by atoms with Crippen LogP contribution in [-0.4, -0.2) is 31.7 Å². The maximum Gasteiger partial charge on any atom is 0.221 e. The van der Waals surface area contributed by atoms with Crippen molar-refractivity contribution in [2.75, 3.05) is 19.7 Å². The van der Waals surface area contributed by atoms with E-state index in [4.69, 9.17) is 4.74 Å². The Hall–Kier alpha value is -1.46. The molecule has 1 unspecified atom stereocenters. The molecule has 1 aromatic rings. The SMILES string of the molecule is O=C(CCNCc1ccc(F)cc1)NCC1CCCO1. The van der Waals surface area contributed by atoms with Crippen molar-refractivity contribution in [2.24, 2.45) is 0 Å². The molecule has 110 valence electrons. The lowest BCUT2D eigenvalue weighted by Crippen LogP contribution is -2.33. The summed E-state index contributed by atoms with van der Waals surface area (Å²) in [6.45, 7) is 2.66. The van der Waals surface area contributed by atoms with Gasteiger partial charge < -0.3 is 15.4 Å². The van der Waals surface area contributed by atoms with Crippen molar-refractivity contribution in [1.29, 1.82) is 0 Å². The first-order valence-electron chi connectivity index (χ1n) is 7.07. The van der Waals surface area contributed by atoms with Gasteiger partial charge >= 0.3 is 0 Å². The number of carbonyl (C=O) groups is 1. The summed E-state index contributed by atoms with van der Waals surface area (Å²) in [4.78, 5) is 11.6. The first-order chi connectivity index (χ1) is 9.74. The van der Waals surface area contributed by atoms with Gasteiger partial charge in [-0.15, -0.1) is 0 Å². The molecule has 4 nitrogen and oxygen atoms in total. The molecule has 0 bridgehead atoms. The average Bonchev–Trinajstić information content (AvgIpc) is 2.96. The van der Waals surface area contributed by atoms with Crippen molar-refractivity contribution >= 4 is 5.91 Å². The normalized spacial score (nSPS) is 18.1. The van der Waals surface area contributed by atoms with Gasteiger partial charge in [0.25, 0.3) is 0 Å². The fourth-order valence-corrected chi connectivity index (χ4v) is 2.16. The summed E-state index contributed by atoms with van der Waals surface area (Å²) >= 11 is 0. The van der Waals surface area contributed by atoms with E-state index in [0.717, 1.165) is 25.0 Å². The van der Waals surface area contributed by atoms with Crippen LogP contribution in [0.4, 0.5) is 4.39 Å². The van der Waals surface area contributed by atoms with Crippen LogP contribution in [-0.2, 0) is 16.1 Å². The van der Waals surface area contributed by atoms with Gasteiger partial charge in [0, 0.05) is 32.7 Å². The van der Waals surface area contributed by atoms with Crippen molar-refractivity contribution in [3.63, 3.8) is 0 Å². The molecule has 1 saturated heterocycles. The summed E-state index contributed by atoms with van der Waals surface area (Å²) in [6, 6.07) is 6.34. The van der Waals surface area contributed by atoms with Gasteiger partial charge in [0.15, 0.2) is 0 Å². The van der Waals surface area contributed by atoms with Gasteiger partial charge in [-0.2, -0.15) is 0 Å². The molecule has 0 radical (unpaired) electrons. The zero-order chi connectivity index (χ0) is 14.2. The Morgan fingerprint density at radius 3 is 2.85 bits per heavy atom. The summed E-state index contributed by atoms with van der Waals surface area (Å²) in [5, 5.41) is 6.04. The van der Waals surface area contributed by atoms with Crippen LogP contribution in [0.15, 0.2) is 24.3 Å². The zero-order valence-corrected chi connectivity index (χ0v) is 11.5. The molecule has 0 saturated carbocycles. The quantitative estimate of drug-likeness (QED) is 0.746. The molecule has 0 aliphatic carbocycles. The molecule has 1 atom stereocenters. The fourth-order valence-electron chi connectivity index (χ4n) is 2.16. The van der Waals surface area contributed by atoms with Crippen LogP contribution in [0, 0.1) is 5.82 Å². The van der Waals surface area contributed by atoms with E-state index in [-0.39, 0.29) is 17.8 Å². The van der Waals surface area contributed by atoms with Crippen LogP contribution in [0.25, 0.3) is 0 Å². The number of carbonyl (C=O) groups excluding carboxylic acids is 1. The van der Waals surface area contributed by atoms with E-state index in [0.29, 0.717) is 26.1 Å². The predicted molar refractivity (Wildman–Crippen MR) is 74.7 cm³/mol. The highest BCUT2D eigenvalue weighted by atomic mass is 19.1. The monoisotopic (exact) mass is 280 g/mol. The smallest absolute Gasteiger partial charge is 0.221 e. The van der Waals surface area contributed by atoms with Gasteiger partial charge in [-0.1, -0.05) is 12.1 Å². The molecule has 1 aromatic carbocycles. The van der Waals surface area contributed by atoms with Crippen LogP contribution in [0.2, 0.25) is 0 Å². The number of ether oxygens (including phenoxy) is 1. The van der Waals surface area contributed by atoms with Crippen molar-refractivity contribution in [1.82, 2.24) is 10.6 Å². The number of hydrogen-bond donors (Lipinski definition) is 2. The van der Waals surface area contributed by atoms with Crippen LogP contribution >= 0.6 is 0 Å². The van der Waals surface area contributed by atoms with E-state index < -0.39 is 0 Å². The highest BCUT2D eigenvalue weighted by molar-refractivity contribution is 5.76. The van der Waals surface area contributed by atoms with Crippen molar-refractivity contribution in [3.8, 4) is 0 Å². The van der Waals surface area contributed by atoms with Crippen LogP contribution in [0.3, 0.4) is 0 Å². The molecule has 5 heteroatoms. The summed E-state index contributed by atoms with van der Waals surface area (Å²) in [5.41, 5.74) is 1.01. The minimum atomic E-state index is -0.234. The van der Waals surface area contributed by atoms with Crippen molar-refractivity contribution < 1.29 is 13.9 Å². The zero-order valence-electron chi connectivity index (χ0n) is 11.5. The molecule has 1 aliphatic rings. The van der Waals surface area contributed by atoms with Crippen molar-refractivity contribution in [3.05, 3.63) is 35.6 Å². The number of nitrogens with one attached hydrogen (secondary N) is 2. The Bertz CT molecular complexity index is 416. The van der Waals surface area contributed by atoms with Gasteiger partial charge in [0.05, 0.1) is 6.10 Å². The summed E-state index contributed by atoms with van der Waals surface area (Å²) in [7, 11) is 0. The van der Waals surface area contributed by atoms with E-state index in [2.05, 4.69) is 10.6 Å². The first-order valence-corrected chi connectivity index (χ1v) is 7.07. The number of amides is 1. The third kappa shape index (κ3) is 5.27. The number of hydrogen-bond acceptors (Lipinski definition) is 3. The van der Waals surface area contributed by atoms with E-state index in [1.54, 1.807) is 12.1 Å². The molecule has 1 fully saturated rings. The second-order valence-electron chi connectivity index (χ2n) is 4.99. The predicted octanol–water partition coefficient (Wildman–Crippen LogP) is 1.60. The number of benzene rings is 1. The van der Waals surface area contributed by atoms with Crippen LogP contribution in [0.5, 0.6) is 0 Å². The van der Waals surface area contributed by atoms with Crippen molar-refractivity contribution in [2.45, 2.75) is 31.9 Å². The third-order valence-electron chi connectivity index (χ3n) is 3.32. The Labute approximate surface area is 118 Å². The molecular weight excluding hydrogens is 259 g/mol. The molecule has 20 heavy (non-hydrogen) atoms. The Kier molecular flexibility index (Phi) is 5.95. The molecule has 1 heterocycles. The van der Waals surface area contributed by atoms with Gasteiger partial charge in [-0.3, -0.25) is 4.79 Å². The van der Waals surface area contributed by atoms with Crippen LogP contribution in [0.1, 0.15) is 24.8 Å². The maximum atomic E-state index is 12.7. The highest BCUT2D eigenvalue weighted by Crippen LogP contribution is 2.10. The Morgan fingerprint density at radius 1 is 1.35 bits per heavy atom. The molecule has 1 aliphatic heterocycles. The number of halogens is 1. The van der Waals surface area contributed by atoms with Gasteiger partial charge in [-0.05, 0) is 30.5 Å². The highest BCUT2D eigenvalue weighted by Gasteiger charge is 2.15. The maximum absolute atomic E-state index is 12.7. The summed E-state index contributed by atoms with van der Waals surface area (Å²) < 4.78 is 18.1. The minimum absolute atomic E-state index is 0.0344. The topological polar surface area (TPSA) is 50.4 Å². The molecule has 0 aromatic heterocycles. The standard InChI is InChI=1S/C15H21FN2O2/c16-13-5-3-12(4-6-13)10-17-8-7-15(19)18-11-14-2-1-9-20-14/h3-6,14,17H,1-2,7-11H2,(H,18,19). The summed E-state index contributed by atoms with van der Waals surface area (Å²) in [5.74, 6) is -0.200. The number of rotatable bonds is 7. The first kappa shape index (κ1) is 14.9. The molecule has 2 rings (SSSR count). The second-order valence-corrected chi connectivity index (χ2v) is 4.99. The third-order valence-corrected chi connectivity index (χ3v) is 3.32. The second kappa shape index (κ2) is 7.97. The van der Waals surface area contributed by atoms with E-state index in [1.165, 1.54) is 12.1 Å². The minimum Gasteiger partial charge on any atom is -0.376 e.